The highest BCUT2D eigenvalue weighted by molar-refractivity contribution is 6.39. The molecule has 9 heteroatoms. The Balaban J connectivity index is 1.17. The van der Waals surface area contributed by atoms with Crippen LogP contribution in [0.15, 0.2) is 47.1 Å². The number of carbonyl (C=O) groups excluding carboxylic acids is 1. The molecule has 0 radical (unpaired) electrons. The van der Waals surface area contributed by atoms with E-state index in [0.29, 0.717) is 27.6 Å². The van der Waals surface area contributed by atoms with E-state index in [1.807, 2.05) is 42.1 Å². The van der Waals surface area contributed by atoms with Crippen molar-refractivity contribution in [2.24, 2.45) is 7.05 Å². The molecule has 204 valence electrons. The zero-order valence-electron chi connectivity index (χ0n) is 22.4. The number of aryl methyl sites for hydroxylation is 1. The molecule has 2 aromatic heterocycles. The first kappa shape index (κ1) is 26.2. The van der Waals surface area contributed by atoms with Gasteiger partial charge in [-0.1, -0.05) is 34.4 Å². The number of hydrogen-bond donors (Lipinski definition) is 0. The second-order valence-electron chi connectivity index (χ2n) is 10.7. The number of nitrogens with zero attached hydrogens (tertiary/aromatic N) is 4. The molecule has 0 bridgehead atoms. The van der Waals surface area contributed by atoms with Crippen molar-refractivity contribution in [3.63, 3.8) is 0 Å². The zero-order chi connectivity index (χ0) is 27.3. The van der Waals surface area contributed by atoms with Gasteiger partial charge in [0.15, 0.2) is 0 Å². The summed E-state index contributed by atoms with van der Waals surface area (Å²) in [5, 5.41) is 6.55. The number of hydrogen-bond acceptors (Lipinski definition) is 6. The van der Waals surface area contributed by atoms with E-state index in [-0.39, 0.29) is 5.97 Å². The Morgan fingerprint density at radius 3 is 2.62 bits per heavy atom. The predicted octanol–water partition coefficient (Wildman–Crippen LogP) is 6.56. The molecule has 1 saturated carbocycles. The molecule has 4 aromatic rings. The zero-order valence-corrected chi connectivity index (χ0v) is 23.9. The average Bonchev–Trinajstić information content (AvgIpc) is 3.61. The quantitative estimate of drug-likeness (QED) is 0.236. The molecular weight excluding hydrogens is 535 g/mol. The number of esters is 1. The van der Waals surface area contributed by atoms with E-state index in [1.54, 1.807) is 0 Å². The van der Waals surface area contributed by atoms with Crippen molar-refractivity contribution >= 4 is 45.8 Å². The summed E-state index contributed by atoms with van der Waals surface area (Å²) in [6.07, 6.45) is 4.96. The van der Waals surface area contributed by atoms with Crippen molar-refractivity contribution in [3.05, 3.63) is 69.5 Å². The van der Waals surface area contributed by atoms with Crippen LogP contribution >= 0.6 is 23.2 Å². The number of carbonyl (C=O) groups is 1. The lowest BCUT2D eigenvalue weighted by atomic mass is 10.0. The minimum atomic E-state index is -0.312. The van der Waals surface area contributed by atoms with Gasteiger partial charge in [0.05, 0.1) is 28.2 Å². The second kappa shape index (κ2) is 10.5. The highest BCUT2D eigenvalue weighted by Gasteiger charge is 2.34. The van der Waals surface area contributed by atoms with E-state index in [1.165, 1.54) is 7.11 Å². The first-order chi connectivity index (χ1) is 18.9. The van der Waals surface area contributed by atoms with Crippen LogP contribution in [-0.4, -0.2) is 59.9 Å². The second-order valence-corrected chi connectivity index (χ2v) is 11.5. The third kappa shape index (κ3) is 4.92. The highest BCUT2D eigenvalue weighted by Crippen LogP contribution is 2.46. The van der Waals surface area contributed by atoms with Gasteiger partial charge in [-0.3, -0.25) is 4.90 Å². The van der Waals surface area contributed by atoms with Crippen LogP contribution in [0.5, 0.6) is 0 Å². The summed E-state index contributed by atoms with van der Waals surface area (Å²) in [6.45, 7) is 6.00. The van der Waals surface area contributed by atoms with Crippen LogP contribution in [0, 0.1) is 0 Å². The maximum absolute atomic E-state index is 12.2. The van der Waals surface area contributed by atoms with Gasteiger partial charge in [0.25, 0.3) is 0 Å². The van der Waals surface area contributed by atoms with Crippen LogP contribution in [0.3, 0.4) is 0 Å². The molecule has 0 N–H and O–H groups in total. The molecule has 3 heterocycles. The number of piperazine rings is 1. The molecule has 0 spiro atoms. The minimum Gasteiger partial charge on any atom is -0.465 e. The fourth-order valence-corrected chi connectivity index (χ4v) is 6.44. The molecule has 2 aromatic carbocycles. The smallest absolute Gasteiger partial charge is 0.340 e. The van der Waals surface area contributed by atoms with Gasteiger partial charge < -0.3 is 18.7 Å². The van der Waals surface area contributed by atoms with Crippen LogP contribution in [0.4, 0.5) is 5.69 Å². The van der Waals surface area contributed by atoms with E-state index in [2.05, 4.69) is 34.0 Å². The first-order valence-corrected chi connectivity index (χ1v) is 14.2. The fraction of sp³-hybridized carbons (Fsp3) is 0.400. The van der Waals surface area contributed by atoms with Crippen LogP contribution in [0.2, 0.25) is 10.0 Å². The maximum atomic E-state index is 12.2. The maximum Gasteiger partial charge on any atom is 0.340 e. The van der Waals surface area contributed by atoms with Crippen molar-refractivity contribution in [1.29, 1.82) is 0 Å². The highest BCUT2D eigenvalue weighted by atomic mass is 35.5. The Kier molecular flexibility index (Phi) is 7.08. The molecule has 6 rings (SSSR count). The average molecular weight is 568 g/mol. The summed E-state index contributed by atoms with van der Waals surface area (Å²) >= 11 is 13.1. The SMILES string of the molecule is COC(=O)c1cn(C)c2cc(N3CCN(CCc4c(-c5c(Cl)cccc5Cl)noc4C4CC4)C[C@H]3C)ccc12. The normalized spacial score (nSPS) is 18.2. The van der Waals surface area contributed by atoms with E-state index < -0.39 is 0 Å². The Morgan fingerprint density at radius 1 is 1.15 bits per heavy atom. The molecule has 1 aliphatic heterocycles. The summed E-state index contributed by atoms with van der Waals surface area (Å²) < 4.78 is 12.8. The molecular formula is C30H32Cl2N4O3. The summed E-state index contributed by atoms with van der Waals surface area (Å²) in [5.41, 5.74) is 5.46. The molecule has 1 aliphatic carbocycles. The van der Waals surface area contributed by atoms with Gasteiger partial charge >= 0.3 is 5.97 Å². The molecule has 39 heavy (non-hydrogen) atoms. The first-order valence-electron chi connectivity index (χ1n) is 13.4. The van der Waals surface area contributed by atoms with Crippen molar-refractivity contribution in [2.45, 2.75) is 38.1 Å². The summed E-state index contributed by atoms with van der Waals surface area (Å²) in [5.74, 6) is 1.13. The van der Waals surface area contributed by atoms with Gasteiger partial charge in [0.1, 0.15) is 11.5 Å². The number of anilines is 1. The Bertz CT molecular complexity index is 1520. The van der Waals surface area contributed by atoms with E-state index in [9.17, 15) is 4.79 Å². The number of aromatic nitrogens is 2. The Hall–Kier alpha value is -3.00. The van der Waals surface area contributed by atoms with E-state index >= 15 is 0 Å². The lowest BCUT2D eigenvalue weighted by Crippen LogP contribution is -2.52. The Morgan fingerprint density at radius 2 is 1.92 bits per heavy atom. The van der Waals surface area contributed by atoms with Crippen molar-refractivity contribution in [3.8, 4) is 11.3 Å². The van der Waals surface area contributed by atoms with Crippen LogP contribution in [0.1, 0.15) is 47.4 Å². The monoisotopic (exact) mass is 566 g/mol. The fourth-order valence-electron chi connectivity index (χ4n) is 5.86. The summed E-state index contributed by atoms with van der Waals surface area (Å²) in [4.78, 5) is 17.1. The van der Waals surface area contributed by atoms with Gasteiger partial charge in [-0.05, 0) is 56.5 Å². The summed E-state index contributed by atoms with van der Waals surface area (Å²) in [7, 11) is 3.38. The van der Waals surface area contributed by atoms with Crippen LogP contribution in [-0.2, 0) is 18.2 Å². The largest absolute Gasteiger partial charge is 0.465 e. The van der Waals surface area contributed by atoms with Crippen LogP contribution < -0.4 is 4.90 Å². The van der Waals surface area contributed by atoms with Crippen molar-refractivity contribution in [2.75, 3.05) is 38.2 Å². The molecule has 2 fully saturated rings. The summed E-state index contributed by atoms with van der Waals surface area (Å²) in [6, 6.07) is 12.2. The van der Waals surface area contributed by atoms with Crippen molar-refractivity contribution in [1.82, 2.24) is 14.6 Å². The number of methoxy groups -OCH3 is 1. The third-order valence-electron chi connectivity index (χ3n) is 8.07. The molecule has 1 saturated heterocycles. The lowest BCUT2D eigenvalue weighted by Gasteiger charge is -2.41. The molecule has 7 nitrogen and oxygen atoms in total. The molecule has 0 amide bonds. The van der Waals surface area contributed by atoms with E-state index in [0.717, 1.165) is 84.6 Å². The Labute approximate surface area is 238 Å². The lowest BCUT2D eigenvalue weighted by molar-refractivity contribution is 0.0602. The number of ether oxygens (including phenoxy) is 1. The van der Waals surface area contributed by atoms with Gasteiger partial charge in [-0.15, -0.1) is 0 Å². The molecule has 1 atom stereocenters. The van der Waals surface area contributed by atoms with E-state index in [4.69, 9.17) is 32.5 Å². The predicted molar refractivity (Wildman–Crippen MR) is 155 cm³/mol. The number of benzene rings is 2. The van der Waals surface area contributed by atoms with Gasteiger partial charge in [0.2, 0.25) is 0 Å². The third-order valence-corrected chi connectivity index (χ3v) is 8.70. The number of rotatable bonds is 7. The van der Waals surface area contributed by atoms with Crippen LogP contribution in [0.25, 0.3) is 22.2 Å². The topological polar surface area (TPSA) is 63.7 Å². The standard InChI is InChI=1S/C30H32Cl2N4O3/c1-18-16-35(13-14-36(18)20-9-10-21-23(30(37)38-3)17-34(2)26(21)15-20)12-11-22-28(33-39-29(22)19-7-8-19)27-24(31)5-4-6-25(27)32/h4-6,9-10,15,17-19H,7-8,11-14,16H2,1-3H3/t18-/m1/s1. The van der Waals surface area contributed by atoms with Gasteiger partial charge in [-0.25, -0.2) is 4.79 Å². The van der Waals surface area contributed by atoms with Gasteiger partial charge in [0, 0.05) is 73.6 Å². The number of halogens is 2. The van der Waals surface area contributed by atoms with Gasteiger partial charge in [-0.2, -0.15) is 0 Å². The number of fused-ring (bicyclic) bond motifs is 1. The molecule has 0 unspecified atom stereocenters. The molecule has 2 aliphatic rings. The minimum absolute atomic E-state index is 0.312. The van der Waals surface area contributed by atoms with Crippen molar-refractivity contribution < 1.29 is 14.1 Å².